The highest BCUT2D eigenvalue weighted by molar-refractivity contribution is 6.07. The quantitative estimate of drug-likeness (QED) is 0.451. The van der Waals surface area contributed by atoms with Crippen LogP contribution in [0.25, 0.3) is 11.1 Å². The normalized spacial score (nSPS) is 15.0. The number of nitrogens with two attached hydrogens (primary N) is 1. The van der Waals surface area contributed by atoms with E-state index in [1.165, 1.54) is 12.1 Å². The van der Waals surface area contributed by atoms with Crippen LogP contribution in [0.15, 0.2) is 29.1 Å². The lowest BCUT2D eigenvalue weighted by molar-refractivity contribution is 0.0695. The molecule has 2 heterocycles. The molecule has 2 aromatic rings. The molecular weight excluding hydrogens is 404 g/mol. The Morgan fingerprint density at radius 3 is 2.26 bits per heavy atom. The zero-order valence-corrected chi connectivity index (χ0v) is 17.3. The number of benzene rings is 1. The summed E-state index contributed by atoms with van der Waals surface area (Å²) in [4.78, 5) is 42.1. The second-order valence-electron chi connectivity index (χ2n) is 7.47. The van der Waals surface area contributed by atoms with E-state index in [1.54, 1.807) is 12.1 Å². The van der Waals surface area contributed by atoms with E-state index in [-0.39, 0.29) is 11.1 Å². The maximum atomic E-state index is 12.1. The van der Waals surface area contributed by atoms with Gasteiger partial charge in [0, 0.05) is 38.3 Å². The Kier molecular flexibility index (Phi) is 6.93. The minimum Gasteiger partial charge on any atom is -0.494 e. The van der Waals surface area contributed by atoms with Crippen molar-refractivity contribution >= 4 is 17.8 Å². The molecule has 10 nitrogen and oxygen atoms in total. The Morgan fingerprint density at radius 2 is 1.68 bits per heavy atom. The van der Waals surface area contributed by atoms with Crippen molar-refractivity contribution in [3.05, 3.63) is 45.7 Å². The van der Waals surface area contributed by atoms with Crippen molar-refractivity contribution in [2.24, 2.45) is 0 Å². The van der Waals surface area contributed by atoms with Crippen LogP contribution in [0.3, 0.4) is 0 Å². The number of nitrogen functional groups attached to an aromatic ring is 1. The van der Waals surface area contributed by atoms with Crippen LogP contribution >= 0.6 is 0 Å². The molecule has 0 radical (unpaired) electrons. The fraction of sp³-hybridized carbons (Fsp3) is 0.381. The van der Waals surface area contributed by atoms with Crippen LogP contribution < -0.4 is 16.0 Å². The summed E-state index contributed by atoms with van der Waals surface area (Å²) in [6.07, 6.45) is 0.863. The van der Waals surface area contributed by atoms with E-state index in [9.17, 15) is 24.6 Å². The number of carbonyl (C=O) groups is 2. The van der Waals surface area contributed by atoms with Crippen LogP contribution in [-0.4, -0.2) is 83.3 Å². The number of hydrogen-bond acceptors (Lipinski definition) is 7. The molecule has 0 spiro atoms. The summed E-state index contributed by atoms with van der Waals surface area (Å²) in [7, 11) is 2.11. The maximum Gasteiger partial charge on any atom is 0.342 e. The number of pyridine rings is 1. The van der Waals surface area contributed by atoms with Crippen LogP contribution in [0.4, 0.5) is 5.82 Å². The number of aromatic carboxylic acids is 2. The lowest BCUT2D eigenvalue weighted by Gasteiger charge is -2.32. The van der Waals surface area contributed by atoms with E-state index in [1.807, 2.05) is 0 Å². The summed E-state index contributed by atoms with van der Waals surface area (Å²) >= 11 is 0. The summed E-state index contributed by atoms with van der Waals surface area (Å²) in [5.41, 5.74) is 3.57. The Balaban J connectivity index is 1.72. The van der Waals surface area contributed by atoms with Gasteiger partial charge in [-0.15, -0.1) is 0 Å². The van der Waals surface area contributed by atoms with Crippen LogP contribution in [-0.2, 0) is 0 Å². The first-order valence-electron chi connectivity index (χ1n) is 9.94. The molecule has 5 N–H and O–H groups in total. The Morgan fingerprint density at radius 1 is 1.06 bits per heavy atom. The van der Waals surface area contributed by atoms with Crippen molar-refractivity contribution in [2.45, 2.75) is 6.42 Å². The standard InChI is InChI=1S/C21H26N4O6/c1-24-8-10-25(11-9-24)7-2-12-31-14-5-3-13(4-6-14)15-16(20(27)28)18(22)23-19(26)17(15)21(29)30/h3-6H,2,7-12H2,1H3,(H,27,28)(H,29,30)(H3,22,23,26). The number of piperazine rings is 1. The molecular formula is C21H26N4O6. The fourth-order valence-corrected chi connectivity index (χ4v) is 3.60. The third-order valence-corrected chi connectivity index (χ3v) is 5.30. The monoisotopic (exact) mass is 430 g/mol. The molecule has 1 aromatic carbocycles. The van der Waals surface area contributed by atoms with Gasteiger partial charge in [-0.2, -0.15) is 0 Å². The van der Waals surface area contributed by atoms with Gasteiger partial charge in [-0.1, -0.05) is 12.1 Å². The molecule has 31 heavy (non-hydrogen) atoms. The zero-order chi connectivity index (χ0) is 22.5. The number of anilines is 1. The minimum atomic E-state index is -1.54. The molecule has 0 amide bonds. The molecule has 1 saturated heterocycles. The summed E-state index contributed by atoms with van der Waals surface area (Å²) in [6, 6.07) is 6.26. The predicted molar refractivity (Wildman–Crippen MR) is 115 cm³/mol. The Bertz CT molecular complexity index is 1010. The van der Waals surface area contributed by atoms with Crippen LogP contribution in [0.2, 0.25) is 0 Å². The highest BCUT2D eigenvalue weighted by Crippen LogP contribution is 2.30. The second-order valence-corrected chi connectivity index (χ2v) is 7.47. The number of rotatable bonds is 8. The lowest BCUT2D eigenvalue weighted by atomic mass is 9.95. The van der Waals surface area contributed by atoms with Crippen molar-refractivity contribution in [3.63, 3.8) is 0 Å². The van der Waals surface area contributed by atoms with Gasteiger partial charge in [-0.25, -0.2) is 9.59 Å². The smallest absolute Gasteiger partial charge is 0.342 e. The van der Waals surface area contributed by atoms with Crippen LogP contribution in [0, 0.1) is 0 Å². The van der Waals surface area contributed by atoms with Gasteiger partial charge in [0.05, 0.1) is 6.61 Å². The van der Waals surface area contributed by atoms with Crippen molar-refractivity contribution in [2.75, 3.05) is 52.1 Å². The first kappa shape index (κ1) is 22.3. The molecule has 0 unspecified atom stereocenters. The average Bonchev–Trinajstić information content (AvgIpc) is 2.71. The summed E-state index contributed by atoms with van der Waals surface area (Å²) in [5.74, 6) is -2.81. The van der Waals surface area contributed by atoms with Crippen molar-refractivity contribution in [1.82, 2.24) is 14.8 Å². The highest BCUT2D eigenvalue weighted by atomic mass is 16.5. The third kappa shape index (κ3) is 5.22. The number of nitrogens with zero attached hydrogens (tertiary/aromatic N) is 2. The molecule has 0 aliphatic carbocycles. The largest absolute Gasteiger partial charge is 0.494 e. The molecule has 1 aromatic heterocycles. The summed E-state index contributed by atoms with van der Waals surface area (Å²) < 4.78 is 5.75. The topological polar surface area (TPSA) is 149 Å². The number of aromatic nitrogens is 1. The number of likely N-dealkylation sites (N-methyl/N-ethyl adjacent to an activating group) is 1. The number of ether oxygens (including phenoxy) is 1. The zero-order valence-electron chi connectivity index (χ0n) is 17.3. The summed E-state index contributed by atoms with van der Waals surface area (Å²) in [5, 5.41) is 18.9. The molecule has 10 heteroatoms. The van der Waals surface area contributed by atoms with Gasteiger partial charge in [0.1, 0.15) is 22.7 Å². The van der Waals surface area contributed by atoms with Crippen molar-refractivity contribution in [1.29, 1.82) is 0 Å². The van der Waals surface area contributed by atoms with E-state index in [0.29, 0.717) is 12.4 Å². The second kappa shape index (κ2) is 9.63. The first-order chi connectivity index (χ1) is 14.8. The molecule has 3 rings (SSSR count). The van der Waals surface area contributed by atoms with E-state index in [4.69, 9.17) is 10.5 Å². The molecule has 0 atom stereocenters. The SMILES string of the molecule is CN1CCN(CCCOc2ccc(-c3c(C(=O)O)c(N)[nH]c(=O)c3C(=O)O)cc2)CC1. The molecule has 166 valence electrons. The number of hydrogen-bond donors (Lipinski definition) is 4. The van der Waals surface area contributed by atoms with Crippen LogP contribution in [0.5, 0.6) is 5.75 Å². The first-order valence-corrected chi connectivity index (χ1v) is 9.94. The third-order valence-electron chi connectivity index (χ3n) is 5.30. The van der Waals surface area contributed by atoms with E-state index < -0.39 is 34.4 Å². The van der Waals surface area contributed by atoms with Gasteiger partial charge in [0.25, 0.3) is 5.56 Å². The molecule has 1 aliphatic rings. The fourth-order valence-electron chi connectivity index (χ4n) is 3.60. The summed E-state index contributed by atoms with van der Waals surface area (Å²) in [6.45, 7) is 5.68. The Hall–Kier alpha value is -3.37. The number of aromatic amines is 1. The van der Waals surface area contributed by atoms with Gasteiger partial charge >= 0.3 is 11.9 Å². The van der Waals surface area contributed by atoms with Crippen LogP contribution in [0.1, 0.15) is 27.1 Å². The van der Waals surface area contributed by atoms with E-state index in [2.05, 4.69) is 21.8 Å². The van der Waals surface area contributed by atoms with Gasteiger partial charge < -0.3 is 35.5 Å². The number of carboxylic acid groups (broad SMARTS) is 2. The molecule has 0 bridgehead atoms. The van der Waals surface area contributed by atoms with Crippen molar-refractivity contribution in [3.8, 4) is 16.9 Å². The van der Waals surface area contributed by atoms with E-state index in [0.717, 1.165) is 39.1 Å². The molecule has 1 aliphatic heterocycles. The van der Waals surface area contributed by atoms with Gasteiger partial charge in [-0.05, 0) is 31.2 Å². The van der Waals surface area contributed by atoms with Gasteiger partial charge in [0.2, 0.25) is 0 Å². The van der Waals surface area contributed by atoms with Crippen molar-refractivity contribution < 1.29 is 24.5 Å². The highest BCUT2D eigenvalue weighted by Gasteiger charge is 2.26. The average molecular weight is 430 g/mol. The Labute approximate surface area is 178 Å². The number of nitrogens with one attached hydrogen (secondary N) is 1. The maximum absolute atomic E-state index is 12.1. The van der Waals surface area contributed by atoms with E-state index >= 15 is 0 Å². The van der Waals surface area contributed by atoms with Gasteiger partial charge in [-0.3, -0.25) is 4.79 Å². The molecule has 0 saturated carbocycles. The predicted octanol–water partition coefficient (Wildman–Crippen LogP) is 1.04. The van der Waals surface area contributed by atoms with Gasteiger partial charge in [0.15, 0.2) is 0 Å². The minimum absolute atomic E-state index is 0.233. The lowest BCUT2D eigenvalue weighted by Crippen LogP contribution is -2.44. The molecule has 1 fully saturated rings. The number of H-pyrrole nitrogens is 1. The number of carboxylic acids is 2.